The number of unbranched alkanes of at least 4 members (excludes halogenated alkanes) is 2. The van der Waals surface area contributed by atoms with Crippen molar-refractivity contribution in [2.75, 3.05) is 19.8 Å². The molecule has 7 rings (SSSR count). The van der Waals surface area contributed by atoms with Gasteiger partial charge in [0.05, 0.1) is 19.8 Å². The van der Waals surface area contributed by atoms with Gasteiger partial charge in [0.2, 0.25) is 0 Å². The molecule has 0 unspecified atom stereocenters. The van der Waals surface area contributed by atoms with Gasteiger partial charge in [0, 0.05) is 28.2 Å². The first-order valence-corrected chi connectivity index (χ1v) is 14.9. The number of benzene rings is 4. The quantitative estimate of drug-likeness (QED) is 0.125. The topological polar surface area (TPSA) is 36.9 Å². The number of alkyl halides is 2. The lowest BCUT2D eigenvalue weighted by atomic mass is 9.82. The molecule has 3 aliphatic rings. The van der Waals surface area contributed by atoms with Crippen molar-refractivity contribution in [3.8, 4) is 28.0 Å². The maximum absolute atomic E-state index is 15.4. The van der Waals surface area contributed by atoms with E-state index in [0.717, 1.165) is 37.8 Å². The van der Waals surface area contributed by atoms with Gasteiger partial charge in [0.25, 0.3) is 0 Å². The van der Waals surface area contributed by atoms with Crippen LogP contribution in [-0.2, 0) is 26.3 Å². The van der Waals surface area contributed by atoms with Gasteiger partial charge in [-0.25, -0.2) is 26.3 Å². The normalized spacial score (nSPS) is 20.9. The summed E-state index contributed by atoms with van der Waals surface area (Å²) in [5, 5.41) is 0. The predicted molar refractivity (Wildman–Crippen MR) is 154 cm³/mol. The number of fused-ring (bicyclic) bond motifs is 3. The molecule has 0 aromatic heterocycles. The Morgan fingerprint density at radius 3 is 1.83 bits per heavy atom. The molecule has 4 aromatic carbocycles. The summed E-state index contributed by atoms with van der Waals surface area (Å²) in [5.74, 6) is -10.6. The van der Waals surface area contributed by atoms with Crippen LogP contribution in [0.25, 0.3) is 22.3 Å². The highest BCUT2D eigenvalue weighted by molar-refractivity contribution is 5.72. The lowest BCUT2D eigenvalue weighted by Gasteiger charge is -2.52. The van der Waals surface area contributed by atoms with Gasteiger partial charge in [-0.15, -0.1) is 0 Å². The molecule has 3 fully saturated rings. The third-order valence-electron chi connectivity index (χ3n) is 8.40. The van der Waals surface area contributed by atoms with Gasteiger partial charge in [-0.1, -0.05) is 50.5 Å². The molecule has 0 aliphatic carbocycles. The van der Waals surface area contributed by atoms with E-state index in [9.17, 15) is 26.3 Å². The highest BCUT2D eigenvalue weighted by atomic mass is 19.3. The van der Waals surface area contributed by atoms with Crippen LogP contribution in [0.4, 0.5) is 35.1 Å². The molecule has 3 aliphatic heterocycles. The molecular formula is C35H28F8O4. The van der Waals surface area contributed by atoms with E-state index in [1.807, 2.05) is 0 Å². The number of ether oxygens (including phenoxy) is 4. The molecule has 12 heteroatoms. The Hall–Kier alpha value is -4.00. The summed E-state index contributed by atoms with van der Waals surface area (Å²) in [7, 11) is 0. The predicted octanol–water partition coefficient (Wildman–Crippen LogP) is 9.74. The van der Waals surface area contributed by atoms with Crippen LogP contribution >= 0.6 is 0 Å². The van der Waals surface area contributed by atoms with E-state index in [2.05, 4.69) is 11.7 Å². The summed E-state index contributed by atoms with van der Waals surface area (Å²) >= 11 is 0. The van der Waals surface area contributed by atoms with Crippen LogP contribution in [0, 0.1) is 40.3 Å². The zero-order valence-electron chi connectivity index (χ0n) is 25.0. The fraction of sp³-hybridized carbons (Fsp3) is 0.314. The largest absolute Gasteiger partial charge is 0.432 e. The molecule has 0 spiro atoms. The van der Waals surface area contributed by atoms with Crippen molar-refractivity contribution < 1.29 is 54.1 Å². The first kappa shape index (κ1) is 32.9. The Kier molecular flexibility index (Phi) is 8.79. The van der Waals surface area contributed by atoms with Gasteiger partial charge in [-0.05, 0) is 53.9 Å². The first-order chi connectivity index (χ1) is 22.4. The minimum Gasteiger partial charge on any atom is -0.429 e. The summed E-state index contributed by atoms with van der Waals surface area (Å²) < 4.78 is 138. The van der Waals surface area contributed by atoms with E-state index in [0.29, 0.717) is 50.2 Å². The second-order valence-corrected chi connectivity index (χ2v) is 11.8. The van der Waals surface area contributed by atoms with Crippen molar-refractivity contribution in [1.29, 1.82) is 0 Å². The fourth-order valence-electron chi connectivity index (χ4n) is 5.81. The van der Waals surface area contributed by atoms with Crippen LogP contribution in [0.2, 0.25) is 0 Å². The van der Waals surface area contributed by atoms with E-state index >= 15 is 8.78 Å². The molecule has 0 atom stereocenters. The molecule has 0 saturated carbocycles. The number of rotatable bonds is 10. The summed E-state index contributed by atoms with van der Waals surface area (Å²) in [5.41, 5.74) is -2.49. The minimum absolute atomic E-state index is 0.00198. The van der Waals surface area contributed by atoms with Gasteiger partial charge >= 0.3 is 12.1 Å². The molecule has 0 amide bonds. The van der Waals surface area contributed by atoms with E-state index in [-0.39, 0.29) is 27.7 Å². The maximum Gasteiger partial charge on any atom is 0.432 e. The van der Waals surface area contributed by atoms with Crippen LogP contribution in [-0.4, -0.2) is 19.8 Å². The van der Waals surface area contributed by atoms with Gasteiger partial charge in [0.15, 0.2) is 11.6 Å². The average Bonchev–Trinajstić information content (AvgIpc) is 3.03. The van der Waals surface area contributed by atoms with E-state index in [4.69, 9.17) is 14.2 Å². The smallest absolute Gasteiger partial charge is 0.429 e. The Morgan fingerprint density at radius 2 is 1.23 bits per heavy atom. The Balaban J connectivity index is 1.20. The highest BCUT2D eigenvalue weighted by Crippen LogP contribution is 2.47. The lowest BCUT2D eigenvalue weighted by molar-refractivity contribution is -0.480. The van der Waals surface area contributed by atoms with E-state index < -0.39 is 63.9 Å². The van der Waals surface area contributed by atoms with Crippen molar-refractivity contribution >= 4 is 0 Å². The van der Waals surface area contributed by atoms with Crippen molar-refractivity contribution in [3.05, 3.63) is 113 Å². The average molecular weight is 665 g/mol. The zero-order valence-corrected chi connectivity index (χ0v) is 25.0. The van der Waals surface area contributed by atoms with Crippen LogP contribution in [0.1, 0.15) is 43.7 Å². The molecule has 0 radical (unpaired) electrons. The summed E-state index contributed by atoms with van der Waals surface area (Å²) in [6, 6.07) is 9.85. The second kappa shape index (κ2) is 12.6. The van der Waals surface area contributed by atoms with Crippen molar-refractivity contribution in [2.24, 2.45) is 5.41 Å². The molecule has 4 nitrogen and oxygen atoms in total. The number of hydrogen-bond donors (Lipinski definition) is 0. The van der Waals surface area contributed by atoms with Gasteiger partial charge in [0.1, 0.15) is 34.6 Å². The SMILES string of the molecule is CCCCCC12COC(c3ccc(-c4ccc(-c5cc(F)c(C(F)(F)Oc6ccc(F)c(F)c6)c(F)c5)c(F)c4)c(F)c3)(OC1)OC2. The van der Waals surface area contributed by atoms with Crippen LogP contribution in [0.5, 0.6) is 5.75 Å². The Morgan fingerprint density at radius 1 is 0.638 bits per heavy atom. The lowest BCUT2D eigenvalue weighted by Crippen LogP contribution is -2.58. The summed E-state index contributed by atoms with van der Waals surface area (Å²) in [6.07, 6.45) is -0.582. The van der Waals surface area contributed by atoms with Crippen LogP contribution in [0.15, 0.2) is 66.7 Å². The van der Waals surface area contributed by atoms with Gasteiger partial charge in [-0.2, -0.15) is 8.78 Å². The molecule has 4 aromatic rings. The van der Waals surface area contributed by atoms with Gasteiger partial charge in [-0.3, -0.25) is 0 Å². The highest BCUT2D eigenvalue weighted by Gasteiger charge is 2.53. The van der Waals surface area contributed by atoms with Crippen LogP contribution < -0.4 is 4.74 Å². The molecule has 3 heterocycles. The molecule has 3 saturated heterocycles. The minimum atomic E-state index is -4.64. The molecular weight excluding hydrogens is 636 g/mol. The first-order valence-electron chi connectivity index (χ1n) is 14.9. The van der Waals surface area contributed by atoms with Gasteiger partial charge < -0.3 is 18.9 Å². The monoisotopic (exact) mass is 664 g/mol. The Labute approximate surface area is 264 Å². The molecule has 2 bridgehead atoms. The molecule has 47 heavy (non-hydrogen) atoms. The van der Waals surface area contributed by atoms with Crippen molar-refractivity contribution in [2.45, 2.75) is 44.7 Å². The number of halogens is 8. The number of hydrogen-bond acceptors (Lipinski definition) is 4. The van der Waals surface area contributed by atoms with Crippen molar-refractivity contribution in [3.63, 3.8) is 0 Å². The van der Waals surface area contributed by atoms with Crippen LogP contribution in [0.3, 0.4) is 0 Å². The summed E-state index contributed by atoms with van der Waals surface area (Å²) in [6.45, 7) is 3.31. The third-order valence-corrected chi connectivity index (χ3v) is 8.40. The van der Waals surface area contributed by atoms with E-state index in [1.54, 1.807) is 0 Å². The fourth-order valence-corrected chi connectivity index (χ4v) is 5.81. The third kappa shape index (κ3) is 6.33. The standard InChI is InChI=1S/C35H28F8O4/c1-2-3-4-11-33-17-44-35(45-18-33,46-19-33)22-6-9-24(28(38)15-22)20-5-8-25(27(37)12-20)21-13-30(40)32(31(41)14-21)34(42,43)47-23-7-10-26(36)29(39)16-23/h5-10,12-16H,2-4,11,17-19H2,1H3. The molecule has 0 N–H and O–H groups in total. The van der Waals surface area contributed by atoms with Crippen molar-refractivity contribution in [1.82, 2.24) is 0 Å². The Bertz CT molecular complexity index is 1760. The zero-order chi connectivity index (χ0) is 33.6. The second-order valence-electron chi connectivity index (χ2n) is 11.8. The maximum atomic E-state index is 15.4. The van der Waals surface area contributed by atoms with E-state index in [1.165, 1.54) is 24.3 Å². The molecule has 248 valence electrons. The summed E-state index contributed by atoms with van der Waals surface area (Å²) in [4.78, 5) is 0.